The van der Waals surface area contributed by atoms with Crippen LogP contribution in [0.4, 0.5) is 0 Å². The fraction of sp³-hybridized carbons (Fsp3) is 0.714. The number of halogens is 1. The second kappa shape index (κ2) is 7.03. The van der Waals surface area contributed by atoms with Gasteiger partial charge in [-0.05, 0) is 6.26 Å². The van der Waals surface area contributed by atoms with Gasteiger partial charge in [0.25, 0.3) is 0 Å². The summed E-state index contributed by atoms with van der Waals surface area (Å²) in [7, 11) is 1.28. The quantitative estimate of drug-likeness (QED) is 0.538. The van der Waals surface area contributed by atoms with Crippen LogP contribution in [0.15, 0.2) is 0 Å². The molecule has 0 spiro atoms. The van der Waals surface area contributed by atoms with Gasteiger partial charge < -0.3 is 10.1 Å². The van der Waals surface area contributed by atoms with Crippen molar-refractivity contribution < 1.29 is 14.3 Å². The van der Waals surface area contributed by atoms with Crippen LogP contribution in [0.25, 0.3) is 0 Å². The molecule has 0 heterocycles. The van der Waals surface area contributed by atoms with Crippen molar-refractivity contribution in [1.29, 1.82) is 0 Å². The lowest BCUT2D eigenvalue weighted by atomic mass is 10.3. The number of esters is 1. The molecule has 76 valence electrons. The Hall–Kier alpha value is -0.420. The fourth-order valence-corrected chi connectivity index (χ4v) is 1.34. The standard InChI is InChI=1S/C7H12ClNO3S/c1-12-7(11)5(4-13-2)9-6(10)3-8/h5H,3-4H2,1-2H3,(H,9,10)/t5-/m0/s1. The molecule has 0 saturated carbocycles. The summed E-state index contributed by atoms with van der Waals surface area (Å²) in [6, 6.07) is -0.605. The van der Waals surface area contributed by atoms with E-state index in [0.29, 0.717) is 5.75 Å². The minimum absolute atomic E-state index is 0.151. The Bertz CT molecular complexity index is 189. The monoisotopic (exact) mass is 225 g/mol. The molecule has 0 rings (SSSR count). The third-order valence-corrected chi connectivity index (χ3v) is 2.19. The number of thioether (sulfide) groups is 1. The lowest BCUT2D eigenvalue weighted by Gasteiger charge is -2.13. The van der Waals surface area contributed by atoms with E-state index in [2.05, 4.69) is 10.1 Å². The Morgan fingerprint density at radius 1 is 1.62 bits per heavy atom. The summed E-state index contributed by atoms with van der Waals surface area (Å²) in [6.07, 6.45) is 1.84. The van der Waals surface area contributed by atoms with Crippen LogP contribution in [-0.2, 0) is 14.3 Å². The molecule has 0 unspecified atom stereocenters. The topological polar surface area (TPSA) is 55.4 Å². The van der Waals surface area contributed by atoms with Gasteiger partial charge in [-0.15, -0.1) is 11.6 Å². The zero-order chi connectivity index (χ0) is 10.3. The smallest absolute Gasteiger partial charge is 0.329 e. The lowest BCUT2D eigenvalue weighted by Crippen LogP contribution is -2.43. The largest absolute Gasteiger partial charge is 0.467 e. The van der Waals surface area contributed by atoms with Crippen LogP contribution in [0.2, 0.25) is 0 Å². The van der Waals surface area contributed by atoms with Crippen LogP contribution >= 0.6 is 23.4 Å². The predicted molar refractivity (Wildman–Crippen MR) is 53.0 cm³/mol. The Morgan fingerprint density at radius 2 is 2.23 bits per heavy atom. The average Bonchev–Trinajstić information content (AvgIpc) is 2.15. The molecular weight excluding hydrogens is 214 g/mol. The molecule has 0 aromatic heterocycles. The molecule has 0 bridgehead atoms. The molecule has 0 saturated heterocycles. The normalized spacial score (nSPS) is 11.9. The second-order valence-electron chi connectivity index (χ2n) is 2.23. The van der Waals surface area contributed by atoms with Gasteiger partial charge in [-0.25, -0.2) is 4.79 Å². The first kappa shape index (κ1) is 12.6. The minimum Gasteiger partial charge on any atom is -0.467 e. The van der Waals surface area contributed by atoms with Crippen LogP contribution in [-0.4, -0.2) is 42.9 Å². The van der Waals surface area contributed by atoms with Crippen molar-refractivity contribution in [1.82, 2.24) is 5.32 Å². The van der Waals surface area contributed by atoms with Crippen molar-refractivity contribution in [3.8, 4) is 0 Å². The molecule has 1 amide bonds. The number of alkyl halides is 1. The van der Waals surface area contributed by atoms with Gasteiger partial charge in [0.15, 0.2) is 0 Å². The summed E-state index contributed by atoms with van der Waals surface area (Å²) in [5.74, 6) is -0.490. The highest BCUT2D eigenvalue weighted by Crippen LogP contribution is 1.99. The van der Waals surface area contributed by atoms with Gasteiger partial charge in [0.2, 0.25) is 5.91 Å². The molecule has 0 aromatic rings. The molecule has 1 N–H and O–H groups in total. The fourth-order valence-electron chi connectivity index (χ4n) is 0.710. The van der Waals surface area contributed by atoms with Crippen LogP contribution < -0.4 is 5.32 Å². The van der Waals surface area contributed by atoms with Gasteiger partial charge in [-0.2, -0.15) is 11.8 Å². The first-order valence-electron chi connectivity index (χ1n) is 3.57. The SMILES string of the molecule is COC(=O)[C@H](CSC)NC(=O)CCl. The van der Waals surface area contributed by atoms with E-state index >= 15 is 0 Å². The van der Waals surface area contributed by atoms with Gasteiger partial charge >= 0.3 is 5.97 Å². The maximum Gasteiger partial charge on any atom is 0.329 e. The van der Waals surface area contributed by atoms with Crippen molar-refractivity contribution in [2.24, 2.45) is 0 Å². The number of hydrogen-bond acceptors (Lipinski definition) is 4. The van der Waals surface area contributed by atoms with E-state index in [-0.39, 0.29) is 11.8 Å². The van der Waals surface area contributed by atoms with E-state index in [1.807, 2.05) is 6.26 Å². The molecule has 0 aliphatic heterocycles. The maximum atomic E-state index is 11.1. The third kappa shape index (κ3) is 5.00. The maximum absolute atomic E-state index is 11.1. The van der Waals surface area contributed by atoms with Gasteiger partial charge in [-0.1, -0.05) is 0 Å². The lowest BCUT2D eigenvalue weighted by molar-refractivity contribution is -0.144. The highest BCUT2D eigenvalue weighted by molar-refractivity contribution is 7.98. The van der Waals surface area contributed by atoms with Crippen LogP contribution in [0.5, 0.6) is 0 Å². The molecule has 0 aromatic carbocycles. The molecule has 13 heavy (non-hydrogen) atoms. The number of carbonyl (C=O) groups excluding carboxylic acids is 2. The molecular formula is C7H12ClNO3S. The van der Waals surface area contributed by atoms with Crippen molar-refractivity contribution in [2.75, 3.05) is 25.0 Å². The highest BCUT2D eigenvalue weighted by atomic mass is 35.5. The summed E-state index contributed by atoms with van der Waals surface area (Å²) in [5.41, 5.74) is 0. The number of ether oxygens (including phenoxy) is 1. The molecule has 1 atom stereocenters. The van der Waals surface area contributed by atoms with E-state index in [1.54, 1.807) is 0 Å². The summed E-state index contributed by atoms with van der Waals surface area (Å²) in [5, 5.41) is 2.45. The Kier molecular flexibility index (Phi) is 6.80. The van der Waals surface area contributed by atoms with Gasteiger partial charge in [0.05, 0.1) is 7.11 Å². The summed E-state index contributed by atoms with van der Waals surface area (Å²) >= 11 is 6.72. The Labute approximate surface area is 86.3 Å². The Morgan fingerprint density at radius 3 is 2.62 bits per heavy atom. The predicted octanol–water partition coefficient (Wildman–Crippen LogP) is 0.246. The average molecular weight is 226 g/mol. The van der Waals surface area contributed by atoms with Gasteiger partial charge in [-0.3, -0.25) is 4.79 Å². The number of hydrogen-bond donors (Lipinski definition) is 1. The van der Waals surface area contributed by atoms with Crippen LogP contribution in [0.3, 0.4) is 0 Å². The molecule has 0 fully saturated rings. The minimum atomic E-state index is -0.605. The van der Waals surface area contributed by atoms with E-state index in [9.17, 15) is 9.59 Å². The van der Waals surface area contributed by atoms with Crippen molar-refractivity contribution in [3.05, 3.63) is 0 Å². The van der Waals surface area contributed by atoms with Crippen LogP contribution in [0, 0.1) is 0 Å². The number of carbonyl (C=O) groups is 2. The van der Waals surface area contributed by atoms with E-state index in [4.69, 9.17) is 11.6 Å². The van der Waals surface area contributed by atoms with Crippen molar-refractivity contribution in [2.45, 2.75) is 6.04 Å². The van der Waals surface area contributed by atoms with Crippen LogP contribution in [0.1, 0.15) is 0 Å². The first-order valence-corrected chi connectivity index (χ1v) is 5.50. The third-order valence-electron chi connectivity index (χ3n) is 1.28. The van der Waals surface area contributed by atoms with Gasteiger partial charge in [0.1, 0.15) is 11.9 Å². The van der Waals surface area contributed by atoms with Gasteiger partial charge in [0, 0.05) is 5.75 Å². The highest BCUT2D eigenvalue weighted by Gasteiger charge is 2.19. The summed E-state index contributed by atoms with van der Waals surface area (Å²) in [4.78, 5) is 21.9. The second-order valence-corrected chi connectivity index (χ2v) is 3.41. The van der Waals surface area contributed by atoms with Crippen molar-refractivity contribution >= 4 is 35.2 Å². The number of methoxy groups -OCH3 is 1. The Balaban J connectivity index is 4.08. The number of nitrogens with one attached hydrogen (secondary N) is 1. The first-order chi connectivity index (χ1) is 6.15. The number of rotatable bonds is 5. The zero-order valence-electron chi connectivity index (χ0n) is 7.50. The van der Waals surface area contributed by atoms with E-state index in [0.717, 1.165) is 0 Å². The molecule has 0 radical (unpaired) electrons. The number of amides is 1. The summed E-state index contributed by atoms with van der Waals surface area (Å²) < 4.78 is 4.50. The summed E-state index contributed by atoms with van der Waals surface area (Å²) in [6.45, 7) is 0. The van der Waals surface area contributed by atoms with Crippen molar-refractivity contribution in [3.63, 3.8) is 0 Å². The van der Waals surface area contributed by atoms with E-state index in [1.165, 1.54) is 18.9 Å². The molecule has 4 nitrogen and oxygen atoms in total. The molecule has 0 aliphatic carbocycles. The van der Waals surface area contributed by atoms with E-state index < -0.39 is 12.0 Å². The zero-order valence-corrected chi connectivity index (χ0v) is 9.07. The molecule has 0 aliphatic rings. The molecule has 6 heteroatoms.